The van der Waals surface area contributed by atoms with Gasteiger partial charge in [0, 0.05) is 38.4 Å². The Kier molecular flexibility index (Phi) is 12.1. The van der Waals surface area contributed by atoms with E-state index in [1.54, 1.807) is 0 Å². The van der Waals surface area contributed by atoms with Gasteiger partial charge in [0.2, 0.25) is 0 Å². The van der Waals surface area contributed by atoms with Gasteiger partial charge in [-0.25, -0.2) is 4.98 Å². The molecule has 0 aliphatic heterocycles. The second-order valence-corrected chi connectivity index (χ2v) is 23.3. The Morgan fingerprint density at radius 2 is 0.857 bits per heavy atom. The van der Waals surface area contributed by atoms with Crippen molar-refractivity contribution in [1.29, 1.82) is 0 Å². The zero-order chi connectivity index (χ0) is 59.9. The topological polar surface area (TPSA) is 45.7 Å². The first-order valence-electron chi connectivity index (χ1n) is 30.8. The van der Waals surface area contributed by atoms with Crippen LogP contribution >= 0.6 is 0 Å². The predicted octanol–water partition coefficient (Wildman–Crippen LogP) is 20.9. The average molecular weight is 1160 g/mol. The van der Waals surface area contributed by atoms with Crippen molar-refractivity contribution in [2.75, 3.05) is 0 Å². The summed E-state index contributed by atoms with van der Waals surface area (Å²) in [5.41, 5.74) is 21.8. The zero-order valence-electron chi connectivity index (χ0n) is 49.3. The molecule has 0 atom stereocenters. The summed E-state index contributed by atoms with van der Waals surface area (Å²) < 4.78 is 18.4. The largest absolute Gasteiger partial charge is 0.458 e. The predicted molar refractivity (Wildman–Crippen MR) is 373 cm³/mol. The molecule has 91 heavy (non-hydrogen) atoms. The number of aromatic nitrogens is 6. The van der Waals surface area contributed by atoms with Gasteiger partial charge in [-0.05, 0) is 148 Å². The number of hydrogen-bond acceptors (Lipinski definition) is 2. The molecule has 0 spiro atoms. The fraction of sp³-hybridized carbons (Fsp3) is 0. The molecular weight excluding hydrogens is 1110 g/mol. The number of pyridine rings is 1. The summed E-state index contributed by atoms with van der Waals surface area (Å²) in [5.74, 6) is 2.18. The van der Waals surface area contributed by atoms with E-state index < -0.39 is 0 Å². The van der Waals surface area contributed by atoms with Crippen molar-refractivity contribution < 1.29 is 9.30 Å². The van der Waals surface area contributed by atoms with Gasteiger partial charge >= 0.3 is 0 Å². The van der Waals surface area contributed by atoms with E-state index >= 15 is 0 Å². The van der Waals surface area contributed by atoms with E-state index in [1.165, 1.54) is 32.7 Å². The number of nitrogens with zero attached hydrogens (tertiary/aromatic N) is 6. The molecule has 18 rings (SSSR count). The molecule has 426 valence electrons. The van der Waals surface area contributed by atoms with E-state index in [1.807, 2.05) is 12.3 Å². The van der Waals surface area contributed by atoms with Crippen molar-refractivity contribution in [3.05, 3.63) is 334 Å². The first kappa shape index (κ1) is 51.9. The molecule has 0 fully saturated rings. The van der Waals surface area contributed by atoms with Crippen molar-refractivity contribution in [2.24, 2.45) is 0 Å². The van der Waals surface area contributed by atoms with Gasteiger partial charge in [-0.15, -0.1) is 0 Å². The molecule has 5 heterocycles. The van der Waals surface area contributed by atoms with Crippen LogP contribution in [0.3, 0.4) is 0 Å². The normalized spacial score (nSPS) is 11.7. The van der Waals surface area contributed by atoms with Crippen LogP contribution < -0.4 is 9.30 Å². The average Bonchev–Trinajstić information content (AvgIpc) is 1.60. The maximum atomic E-state index is 6.99. The second-order valence-electron chi connectivity index (χ2n) is 23.3. The van der Waals surface area contributed by atoms with E-state index in [4.69, 9.17) is 9.72 Å². The SMILES string of the molecule is [c-]1n(-c2cccc(Oc3ccc4c5cc(-c6cc(-c7ccccc7)cc(-c7ccccc7)c6)ccc5n(-c5ccc(-n6c7ccccc7c7cccc(-n8c9ccccc9c9ccccc98)c76)cn5)c4c3)c2)c2ccccc2[n+]1-c1ccccc1-c1ccccc1. The summed E-state index contributed by atoms with van der Waals surface area (Å²) in [6, 6.07) is 115. The molecule has 0 amide bonds. The summed E-state index contributed by atoms with van der Waals surface area (Å²) in [5, 5.41) is 6.99. The summed E-state index contributed by atoms with van der Waals surface area (Å²) in [6.07, 6.45) is 5.78. The lowest BCUT2D eigenvalue weighted by atomic mass is 9.93. The molecule has 0 unspecified atom stereocenters. The minimum Gasteiger partial charge on any atom is -0.458 e. The molecule has 18 aromatic rings. The Labute approximate surface area is 524 Å². The lowest BCUT2D eigenvalue weighted by molar-refractivity contribution is -0.571. The molecule has 7 heteroatoms. The van der Waals surface area contributed by atoms with Crippen molar-refractivity contribution in [2.45, 2.75) is 0 Å². The molecule has 0 aliphatic carbocycles. The van der Waals surface area contributed by atoms with Crippen molar-refractivity contribution in [3.8, 4) is 84.6 Å². The minimum atomic E-state index is 0.699. The number of para-hydroxylation sites is 7. The van der Waals surface area contributed by atoms with Crippen molar-refractivity contribution in [3.63, 3.8) is 0 Å². The first-order chi connectivity index (χ1) is 45.1. The summed E-state index contributed by atoms with van der Waals surface area (Å²) >= 11 is 0. The van der Waals surface area contributed by atoms with Crippen LogP contribution in [0.25, 0.3) is 150 Å². The molecule has 0 saturated carbocycles. The summed E-state index contributed by atoms with van der Waals surface area (Å²) in [7, 11) is 0. The molecule has 0 bridgehead atoms. The van der Waals surface area contributed by atoms with Crippen LogP contribution in [0.5, 0.6) is 11.5 Å². The van der Waals surface area contributed by atoms with Gasteiger partial charge in [0.25, 0.3) is 6.33 Å². The Bertz CT molecular complexity index is 5750. The molecular formula is C84H54N6O. The van der Waals surface area contributed by atoms with Gasteiger partial charge in [-0.1, -0.05) is 212 Å². The third-order valence-electron chi connectivity index (χ3n) is 18.0. The van der Waals surface area contributed by atoms with E-state index in [9.17, 15) is 0 Å². The second kappa shape index (κ2) is 21.2. The number of ether oxygens (including phenoxy) is 1. The monoisotopic (exact) mass is 1160 g/mol. The van der Waals surface area contributed by atoms with Crippen LogP contribution in [-0.4, -0.2) is 23.3 Å². The smallest absolute Gasteiger partial charge is 0.269 e. The first-order valence-corrected chi connectivity index (χ1v) is 30.8. The van der Waals surface area contributed by atoms with Gasteiger partial charge < -0.3 is 13.9 Å². The molecule has 13 aromatic carbocycles. The molecule has 0 radical (unpaired) electrons. The fourth-order valence-corrected chi connectivity index (χ4v) is 13.9. The number of rotatable bonds is 11. The highest BCUT2D eigenvalue weighted by Crippen LogP contribution is 2.43. The maximum Gasteiger partial charge on any atom is 0.269 e. The van der Waals surface area contributed by atoms with Gasteiger partial charge in [0.15, 0.2) is 0 Å². The van der Waals surface area contributed by atoms with Crippen LogP contribution in [0, 0.1) is 6.33 Å². The van der Waals surface area contributed by atoms with Crippen LogP contribution in [0.15, 0.2) is 328 Å². The number of hydrogen-bond donors (Lipinski definition) is 0. The molecule has 5 aromatic heterocycles. The Balaban J connectivity index is 0.785. The molecule has 7 nitrogen and oxygen atoms in total. The lowest BCUT2D eigenvalue weighted by Crippen LogP contribution is -2.30. The zero-order valence-corrected chi connectivity index (χ0v) is 49.3. The number of benzene rings is 13. The molecule has 0 aliphatic rings. The van der Waals surface area contributed by atoms with Crippen LogP contribution in [0.2, 0.25) is 0 Å². The summed E-state index contributed by atoms with van der Waals surface area (Å²) in [4.78, 5) is 5.47. The Hall–Kier alpha value is -12.3. The van der Waals surface area contributed by atoms with E-state index in [-0.39, 0.29) is 0 Å². The standard InChI is InChI=1S/C84H54N6O/c1-4-22-56(23-5-1)60-48-61(57-24-6-2-7-25-57)50-62(49-60)59-42-46-78-73(51-59)71-45-44-66(91-65-29-20-28-63(52-65)86-55-87(80-40-19-18-39-79(80)86)74-35-14-10-30-67(74)58-26-8-3-9-27-58)53-82(71)90(78)83-47-43-64(54-85-83)88-75-36-15-13-33-70(75)72-34-21-41-81(84(72)88)89-76-37-16-11-31-68(76)69-32-12-17-38-77(69)89/h1-54H. The minimum absolute atomic E-state index is 0.699. The van der Waals surface area contributed by atoms with Gasteiger partial charge in [-0.2, -0.15) is 0 Å². The number of imidazole rings is 1. The van der Waals surface area contributed by atoms with Gasteiger partial charge in [0.05, 0.1) is 73.1 Å². The quantitative estimate of drug-likeness (QED) is 0.0957. The third kappa shape index (κ3) is 8.66. The van der Waals surface area contributed by atoms with Gasteiger partial charge in [-0.3, -0.25) is 13.7 Å². The van der Waals surface area contributed by atoms with E-state index in [0.29, 0.717) is 11.5 Å². The Morgan fingerprint density at radius 1 is 0.308 bits per heavy atom. The molecule has 0 saturated heterocycles. The fourth-order valence-electron chi connectivity index (χ4n) is 13.9. The number of fused-ring (bicyclic) bond motifs is 10. The maximum absolute atomic E-state index is 6.99. The third-order valence-corrected chi connectivity index (χ3v) is 18.0. The van der Waals surface area contributed by atoms with E-state index in [0.717, 1.165) is 117 Å². The van der Waals surface area contributed by atoms with Crippen LogP contribution in [0.4, 0.5) is 0 Å². The highest BCUT2D eigenvalue weighted by Gasteiger charge is 2.23. The Morgan fingerprint density at radius 3 is 1.55 bits per heavy atom. The summed E-state index contributed by atoms with van der Waals surface area (Å²) in [6.45, 7) is 0. The van der Waals surface area contributed by atoms with Crippen LogP contribution in [-0.2, 0) is 0 Å². The van der Waals surface area contributed by atoms with Gasteiger partial charge in [0.1, 0.15) is 17.3 Å². The highest BCUT2D eigenvalue weighted by molar-refractivity contribution is 6.15. The highest BCUT2D eigenvalue weighted by atomic mass is 16.5. The van der Waals surface area contributed by atoms with Crippen molar-refractivity contribution in [1.82, 2.24) is 23.3 Å². The van der Waals surface area contributed by atoms with Crippen molar-refractivity contribution >= 4 is 76.5 Å². The van der Waals surface area contributed by atoms with E-state index in [2.05, 4.69) is 345 Å². The molecule has 0 N–H and O–H groups in total. The lowest BCUT2D eigenvalue weighted by Gasteiger charge is -2.15. The van der Waals surface area contributed by atoms with Crippen LogP contribution in [0.1, 0.15) is 0 Å².